The molecular weight excluding hydrogens is 248 g/mol. The predicted octanol–water partition coefficient (Wildman–Crippen LogP) is 2.56. The minimum atomic E-state index is 0.105. The lowest BCUT2D eigenvalue weighted by Crippen LogP contribution is -2.48. The first kappa shape index (κ1) is 13.0. The van der Waals surface area contributed by atoms with Gasteiger partial charge in [0.05, 0.1) is 0 Å². The molecule has 0 atom stereocenters. The van der Waals surface area contributed by atoms with E-state index in [1.165, 1.54) is 0 Å². The quantitative estimate of drug-likeness (QED) is 0.767. The first-order chi connectivity index (χ1) is 8.70. The maximum Gasteiger partial charge on any atom is 0.246 e. The third-order valence-electron chi connectivity index (χ3n) is 3.09. The second kappa shape index (κ2) is 5.91. The number of allylic oxidation sites excluding steroid dienone is 1. The van der Waals surface area contributed by atoms with Crippen LogP contribution >= 0.6 is 11.6 Å². The summed E-state index contributed by atoms with van der Waals surface area (Å²) in [7, 11) is 0. The molecule has 1 aromatic rings. The van der Waals surface area contributed by atoms with Gasteiger partial charge in [-0.15, -0.1) is 0 Å². The molecule has 18 heavy (non-hydrogen) atoms. The van der Waals surface area contributed by atoms with Crippen LogP contribution in [0.4, 0.5) is 5.69 Å². The van der Waals surface area contributed by atoms with Gasteiger partial charge in [0.2, 0.25) is 5.91 Å². The average molecular weight is 265 g/mol. The Hall–Kier alpha value is -1.48. The first-order valence-corrected chi connectivity index (χ1v) is 6.50. The van der Waals surface area contributed by atoms with Gasteiger partial charge in [-0.3, -0.25) is 4.79 Å². The van der Waals surface area contributed by atoms with Gasteiger partial charge in [-0.2, -0.15) is 0 Å². The fourth-order valence-electron chi connectivity index (χ4n) is 2.08. The predicted molar refractivity (Wildman–Crippen MR) is 75.1 cm³/mol. The number of nitrogens with zero attached hydrogens (tertiary/aromatic N) is 2. The maximum absolute atomic E-state index is 11.7. The number of halogens is 1. The molecule has 0 aromatic heterocycles. The maximum atomic E-state index is 11.7. The van der Waals surface area contributed by atoms with E-state index in [2.05, 4.69) is 4.90 Å². The Bertz CT molecular complexity index is 434. The van der Waals surface area contributed by atoms with E-state index in [1.54, 1.807) is 12.2 Å². The van der Waals surface area contributed by atoms with Gasteiger partial charge in [0.15, 0.2) is 0 Å². The molecule has 0 aliphatic carbocycles. The highest BCUT2D eigenvalue weighted by atomic mass is 35.5. The molecule has 2 rings (SSSR count). The molecule has 1 aliphatic rings. The monoisotopic (exact) mass is 264 g/mol. The van der Waals surface area contributed by atoms with E-state index in [9.17, 15) is 4.79 Å². The molecule has 4 heteroatoms. The van der Waals surface area contributed by atoms with Gasteiger partial charge in [0, 0.05) is 36.9 Å². The number of hydrogen-bond donors (Lipinski definition) is 0. The lowest BCUT2D eigenvalue weighted by atomic mass is 10.2. The third-order valence-corrected chi connectivity index (χ3v) is 3.34. The number of anilines is 1. The van der Waals surface area contributed by atoms with Crippen molar-refractivity contribution in [3.8, 4) is 0 Å². The van der Waals surface area contributed by atoms with Gasteiger partial charge in [0.25, 0.3) is 0 Å². The molecule has 1 fully saturated rings. The van der Waals surface area contributed by atoms with E-state index in [1.807, 2.05) is 36.1 Å². The largest absolute Gasteiger partial charge is 0.368 e. The second-order valence-electron chi connectivity index (χ2n) is 4.29. The molecule has 3 nitrogen and oxygen atoms in total. The van der Waals surface area contributed by atoms with E-state index in [0.717, 1.165) is 36.9 Å². The topological polar surface area (TPSA) is 23.6 Å². The Labute approximate surface area is 113 Å². The summed E-state index contributed by atoms with van der Waals surface area (Å²) in [5.41, 5.74) is 1.16. The van der Waals surface area contributed by atoms with Gasteiger partial charge < -0.3 is 9.80 Å². The molecule has 1 amide bonds. The number of carbonyl (C=O) groups is 1. The van der Waals surface area contributed by atoms with Crippen LogP contribution in [0.5, 0.6) is 0 Å². The summed E-state index contributed by atoms with van der Waals surface area (Å²) in [4.78, 5) is 15.8. The van der Waals surface area contributed by atoms with E-state index in [0.29, 0.717) is 0 Å². The van der Waals surface area contributed by atoms with Crippen LogP contribution in [0.15, 0.2) is 36.4 Å². The molecule has 0 unspecified atom stereocenters. The zero-order valence-corrected chi connectivity index (χ0v) is 11.2. The Morgan fingerprint density at radius 3 is 2.33 bits per heavy atom. The highest BCUT2D eigenvalue weighted by molar-refractivity contribution is 6.30. The van der Waals surface area contributed by atoms with E-state index >= 15 is 0 Å². The minimum Gasteiger partial charge on any atom is -0.368 e. The molecule has 1 aromatic carbocycles. The van der Waals surface area contributed by atoms with Crippen LogP contribution in [-0.4, -0.2) is 37.0 Å². The van der Waals surface area contributed by atoms with Crippen molar-refractivity contribution in [3.05, 3.63) is 41.4 Å². The molecule has 0 spiro atoms. The highest BCUT2D eigenvalue weighted by Gasteiger charge is 2.19. The van der Waals surface area contributed by atoms with Crippen LogP contribution in [0.25, 0.3) is 0 Å². The number of hydrogen-bond acceptors (Lipinski definition) is 2. The smallest absolute Gasteiger partial charge is 0.246 e. The summed E-state index contributed by atoms with van der Waals surface area (Å²) in [5.74, 6) is 0.105. The molecule has 1 saturated heterocycles. The van der Waals surface area contributed by atoms with Crippen LogP contribution in [-0.2, 0) is 4.79 Å². The summed E-state index contributed by atoms with van der Waals surface area (Å²) in [6.07, 6.45) is 3.41. The van der Waals surface area contributed by atoms with E-state index in [-0.39, 0.29) is 5.91 Å². The molecule has 0 N–H and O–H groups in total. The van der Waals surface area contributed by atoms with Crippen molar-refractivity contribution < 1.29 is 4.79 Å². The lowest BCUT2D eigenvalue weighted by Gasteiger charge is -2.35. The number of piperazine rings is 1. The number of carbonyl (C=O) groups excluding carboxylic acids is 1. The number of rotatable bonds is 2. The first-order valence-electron chi connectivity index (χ1n) is 6.13. The van der Waals surface area contributed by atoms with Crippen molar-refractivity contribution in [1.82, 2.24) is 4.90 Å². The van der Waals surface area contributed by atoms with Crippen molar-refractivity contribution in [2.75, 3.05) is 31.1 Å². The minimum absolute atomic E-state index is 0.105. The van der Waals surface area contributed by atoms with Crippen LogP contribution in [0.3, 0.4) is 0 Å². The van der Waals surface area contributed by atoms with Crippen LogP contribution in [0.2, 0.25) is 5.02 Å². The molecule has 0 radical (unpaired) electrons. The van der Waals surface area contributed by atoms with Gasteiger partial charge >= 0.3 is 0 Å². The highest BCUT2D eigenvalue weighted by Crippen LogP contribution is 2.19. The second-order valence-corrected chi connectivity index (χ2v) is 4.73. The molecular formula is C14H17ClN2O. The summed E-state index contributed by atoms with van der Waals surface area (Å²) in [6, 6.07) is 7.83. The van der Waals surface area contributed by atoms with E-state index < -0.39 is 0 Å². The fraction of sp³-hybridized carbons (Fsp3) is 0.357. The zero-order valence-electron chi connectivity index (χ0n) is 10.5. The average Bonchev–Trinajstić information content (AvgIpc) is 2.40. The summed E-state index contributed by atoms with van der Waals surface area (Å²) in [5, 5.41) is 0.751. The van der Waals surface area contributed by atoms with Gasteiger partial charge in [0.1, 0.15) is 0 Å². The van der Waals surface area contributed by atoms with Crippen LogP contribution in [0.1, 0.15) is 6.92 Å². The molecule has 96 valence electrons. The summed E-state index contributed by atoms with van der Waals surface area (Å²) >= 11 is 5.87. The summed E-state index contributed by atoms with van der Waals surface area (Å²) < 4.78 is 0. The van der Waals surface area contributed by atoms with E-state index in [4.69, 9.17) is 11.6 Å². The molecule has 1 heterocycles. The van der Waals surface area contributed by atoms with Crippen molar-refractivity contribution in [2.24, 2.45) is 0 Å². The molecule has 0 bridgehead atoms. The van der Waals surface area contributed by atoms with Crippen molar-refractivity contribution in [2.45, 2.75) is 6.92 Å². The third kappa shape index (κ3) is 3.05. The number of amides is 1. The van der Waals surface area contributed by atoms with Gasteiger partial charge in [-0.05, 0) is 37.3 Å². The van der Waals surface area contributed by atoms with Crippen LogP contribution < -0.4 is 4.90 Å². The van der Waals surface area contributed by atoms with Crippen molar-refractivity contribution in [3.63, 3.8) is 0 Å². The van der Waals surface area contributed by atoms with Crippen molar-refractivity contribution >= 4 is 23.2 Å². The van der Waals surface area contributed by atoms with Gasteiger partial charge in [-0.1, -0.05) is 17.7 Å². The van der Waals surface area contributed by atoms with Crippen molar-refractivity contribution in [1.29, 1.82) is 0 Å². The summed E-state index contributed by atoms with van der Waals surface area (Å²) in [6.45, 7) is 5.13. The Morgan fingerprint density at radius 2 is 1.78 bits per heavy atom. The van der Waals surface area contributed by atoms with Gasteiger partial charge in [-0.25, -0.2) is 0 Å². The Kier molecular flexibility index (Phi) is 4.26. The Balaban J connectivity index is 1.94. The zero-order chi connectivity index (χ0) is 13.0. The SMILES string of the molecule is CC=CC(=O)N1CCN(c2ccc(Cl)cc2)CC1. The fourth-order valence-corrected chi connectivity index (χ4v) is 2.21. The van der Waals surface area contributed by atoms with Crippen LogP contribution in [0, 0.1) is 0 Å². The molecule has 0 saturated carbocycles. The normalized spacial score (nSPS) is 16.3. The Morgan fingerprint density at radius 1 is 1.17 bits per heavy atom. The lowest BCUT2D eigenvalue weighted by molar-refractivity contribution is -0.126. The standard InChI is InChI=1S/C14H17ClN2O/c1-2-3-14(18)17-10-8-16(9-11-17)13-6-4-12(15)5-7-13/h2-7H,8-11H2,1H3. The molecule has 1 aliphatic heterocycles. The number of benzene rings is 1.